The first kappa shape index (κ1) is 13.5. The van der Waals surface area contributed by atoms with Gasteiger partial charge in [-0.1, -0.05) is 6.07 Å². The molecule has 1 aliphatic rings. The topological polar surface area (TPSA) is 90.0 Å². The number of carbonyl (C=O) groups is 1. The highest BCUT2D eigenvalue weighted by Crippen LogP contribution is 2.21. The minimum absolute atomic E-state index is 0.255. The molecule has 0 amide bonds. The van der Waals surface area contributed by atoms with E-state index in [4.69, 9.17) is 0 Å². The molecule has 21 heavy (non-hydrogen) atoms. The molecule has 0 saturated heterocycles. The number of fused-ring (bicyclic) bond motifs is 1. The monoisotopic (exact) mass is 288 g/mol. The van der Waals surface area contributed by atoms with Gasteiger partial charge in [-0.3, -0.25) is 9.55 Å². The number of carboxylic acid groups (broad SMARTS) is 1. The van der Waals surface area contributed by atoms with Crippen molar-refractivity contribution in [1.82, 2.24) is 19.3 Å². The van der Waals surface area contributed by atoms with Crippen LogP contribution < -0.4 is 5.69 Å². The molecule has 0 aliphatic carbocycles. The smallest absolute Gasteiger partial charge is 0.347 e. The van der Waals surface area contributed by atoms with Crippen LogP contribution >= 0.6 is 0 Å². The number of rotatable bonds is 3. The van der Waals surface area contributed by atoms with Crippen molar-refractivity contribution in [3.63, 3.8) is 0 Å². The van der Waals surface area contributed by atoms with Crippen molar-refractivity contribution in [3.8, 4) is 0 Å². The Kier molecular flexibility index (Phi) is 3.32. The highest BCUT2D eigenvalue weighted by atomic mass is 16.4. The molecule has 7 heteroatoms. The summed E-state index contributed by atoms with van der Waals surface area (Å²) in [7, 11) is 0. The van der Waals surface area contributed by atoms with Crippen LogP contribution in [0.25, 0.3) is 0 Å². The Bertz CT molecular complexity index is 730. The molecule has 0 radical (unpaired) electrons. The quantitative estimate of drug-likeness (QED) is 0.900. The highest BCUT2D eigenvalue weighted by molar-refractivity contribution is 5.72. The zero-order chi connectivity index (χ0) is 15.0. The molecule has 1 N–H and O–H groups in total. The number of aromatic nitrogens is 4. The third kappa shape index (κ3) is 2.46. The summed E-state index contributed by atoms with van der Waals surface area (Å²) >= 11 is 0. The average Bonchev–Trinajstić information content (AvgIpc) is 2.78. The summed E-state index contributed by atoms with van der Waals surface area (Å²) < 4.78 is 2.61. The van der Waals surface area contributed by atoms with E-state index in [-0.39, 0.29) is 12.2 Å². The van der Waals surface area contributed by atoms with Crippen LogP contribution in [0.1, 0.15) is 36.0 Å². The van der Waals surface area contributed by atoms with E-state index in [0.29, 0.717) is 18.7 Å². The van der Waals surface area contributed by atoms with E-state index in [9.17, 15) is 14.7 Å². The second-order valence-electron chi connectivity index (χ2n) is 5.30. The normalized spacial score (nSPS) is 17.5. The van der Waals surface area contributed by atoms with Crippen molar-refractivity contribution in [2.75, 3.05) is 0 Å². The second-order valence-corrected chi connectivity index (χ2v) is 5.30. The number of aliphatic carboxylic acids is 1. The second kappa shape index (κ2) is 5.16. The van der Waals surface area contributed by atoms with Crippen molar-refractivity contribution in [1.29, 1.82) is 0 Å². The Morgan fingerprint density at radius 2 is 2.29 bits per heavy atom. The zero-order valence-corrected chi connectivity index (χ0v) is 11.7. The predicted octanol–water partition coefficient (Wildman–Crippen LogP) is 0.759. The van der Waals surface area contributed by atoms with E-state index < -0.39 is 12.0 Å². The predicted molar refractivity (Wildman–Crippen MR) is 74.2 cm³/mol. The summed E-state index contributed by atoms with van der Waals surface area (Å²) in [6.45, 7) is 2.20. The molecule has 0 bridgehead atoms. The lowest BCUT2D eigenvalue weighted by molar-refractivity contribution is -0.141. The summed E-state index contributed by atoms with van der Waals surface area (Å²) in [6, 6.07) is 2.96. The lowest BCUT2D eigenvalue weighted by atomic mass is 10.1. The van der Waals surface area contributed by atoms with Crippen LogP contribution in [0.15, 0.2) is 23.1 Å². The largest absolute Gasteiger partial charge is 0.480 e. The molecule has 7 nitrogen and oxygen atoms in total. The molecule has 3 rings (SSSR count). The summed E-state index contributed by atoms with van der Waals surface area (Å²) in [5, 5.41) is 13.5. The summed E-state index contributed by atoms with van der Waals surface area (Å²) in [5.41, 5.74) is 1.39. The van der Waals surface area contributed by atoms with E-state index in [1.165, 1.54) is 9.25 Å². The van der Waals surface area contributed by atoms with Crippen LogP contribution in [0.5, 0.6) is 0 Å². The molecule has 110 valence electrons. The molecule has 0 saturated carbocycles. The number of pyridine rings is 1. The standard InChI is InChI=1S/C14H16N4O3/c1-9-5-6-10(15-7-9)8-17-14(21)18-11(13(19)20)3-2-4-12(18)16-17/h5-7,11H,2-4,8H2,1H3,(H,19,20). The van der Waals surface area contributed by atoms with Crippen LogP contribution in [0, 0.1) is 6.92 Å². The molecule has 1 unspecified atom stereocenters. The Labute approximate surface area is 120 Å². The molecular formula is C14H16N4O3. The molecule has 0 spiro atoms. The molecular weight excluding hydrogens is 272 g/mol. The van der Waals surface area contributed by atoms with Crippen LogP contribution in [0.4, 0.5) is 0 Å². The number of nitrogens with zero attached hydrogens (tertiary/aromatic N) is 4. The van der Waals surface area contributed by atoms with Gasteiger partial charge in [-0.15, -0.1) is 0 Å². The minimum Gasteiger partial charge on any atom is -0.480 e. The summed E-state index contributed by atoms with van der Waals surface area (Å²) in [6.07, 6.45) is 3.57. The number of hydrogen-bond donors (Lipinski definition) is 1. The third-order valence-corrected chi connectivity index (χ3v) is 3.70. The van der Waals surface area contributed by atoms with Gasteiger partial charge in [0.2, 0.25) is 0 Å². The maximum absolute atomic E-state index is 12.4. The Balaban J connectivity index is 1.96. The zero-order valence-electron chi connectivity index (χ0n) is 11.7. The van der Waals surface area contributed by atoms with Gasteiger partial charge in [0.25, 0.3) is 0 Å². The SMILES string of the molecule is Cc1ccc(Cn2nc3n(c2=O)C(C(=O)O)CCC3)nc1. The molecule has 2 aromatic rings. The van der Waals surface area contributed by atoms with Gasteiger partial charge < -0.3 is 5.11 Å². The van der Waals surface area contributed by atoms with Crippen LogP contribution in [-0.2, 0) is 17.8 Å². The number of aryl methyl sites for hydroxylation is 2. The van der Waals surface area contributed by atoms with Gasteiger partial charge in [-0.25, -0.2) is 14.3 Å². The molecule has 3 heterocycles. The maximum atomic E-state index is 12.4. The molecule has 2 aromatic heterocycles. The summed E-state index contributed by atoms with van der Waals surface area (Å²) in [4.78, 5) is 27.9. The van der Waals surface area contributed by atoms with Crippen LogP contribution in [0.3, 0.4) is 0 Å². The third-order valence-electron chi connectivity index (χ3n) is 3.70. The molecule has 0 aromatic carbocycles. The van der Waals surface area contributed by atoms with Gasteiger partial charge in [0, 0.05) is 12.6 Å². The van der Waals surface area contributed by atoms with E-state index in [1.54, 1.807) is 6.20 Å². The van der Waals surface area contributed by atoms with Crippen molar-refractivity contribution in [2.45, 2.75) is 38.8 Å². The fraction of sp³-hybridized carbons (Fsp3) is 0.429. The van der Waals surface area contributed by atoms with Gasteiger partial charge in [0.05, 0.1) is 12.2 Å². The molecule has 1 atom stereocenters. The van der Waals surface area contributed by atoms with E-state index >= 15 is 0 Å². The van der Waals surface area contributed by atoms with E-state index in [1.807, 2.05) is 19.1 Å². The first-order valence-corrected chi connectivity index (χ1v) is 6.89. The Morgan fingerprint density at radius 3 is 2.95 bits per heavy atom. The van der Waals surface area contributed by atoms with Crippen LogP contribution in [0.2, 0.25) is 0 Å². The lowest BCUT2D eigenvalue weighted by Crippen LogP contribution is -2.34. The van der Waals surface area contributed by atoms with Gasteiger partial charge in [-0.2, -0.15) is 5.10 Å². The summed E-state index contributed by atoms with van der Waals surface area (Å²) in [5.74, 6) is -0.433. The maximum Gasteiger partial charge on any atom is 0.347 e. The molecule has 1 aliphatic heterocycles. The van der Waals surface area contributed by atoms with E-state index in [2.05, 4.69) is 10.1 Å². The Morgan fingerprint density at radius 1 is 1.48 bits per heavy atom. The molecule has 0 fully saturated rings. The van der Waals surface area contributed by atoms with Gasteiger partial charge in [0.1, 0.15) is 11.9 Å². The number of hydrogen-bond acceptors (Lipinski definition) is 4. The van der Waals surface area contributed by atoms with Gasteiger partial charge >= 0.3 is 11.7 Å². The minimum atomic E-state index is -0.980. The fourth-order valence-electron chi connectivity index (χ4n) is 2.61. The van der Waals surface area contributed by atoms with Crippen molar-refractivity contribution < 1.29 is 9.90 Å². The van der Waals surface area contributed by atoms with E-state index in [0.717, 1.165) is 17.7 Å². The Hall–Kier alpha value is -2.44. The number of carboxylic acids is 1. The highest BCUT2D eigenvalue weighted by Gasteiger charge is 2.30. The van der Waals surface area contributed by atoms with Gasteiger partial charge in [-0.05, 0) is 31.4 Å². The first-order chi connectivity index (χ1) is 10.1. The average molecular weight is 288 g/mol. The fourth-order valence-corrected chi connectivity index (χ4v) is 2.61. The lowest BCUT2D eigenvalue weighted by Gasteiger charge is -2.19. The van der Waals surface area contributed by atoms with Crippen molar-refractivity contribution >= 4 is 5.97 Å². The van der Waals surface area contributed by atoms with Crippen molar-refractivity contribution in [2.24, 2.45) is 0 Å². The first-order valence-electron chi connectivity index (χ1n) is 6.89. The van der Waals surface area contributed by atoms with Crippen molar-refractivity contribution in [3.05, 3.63) is 45.9 Å². The van der Waals surface area contributed by atoms with Gasteiger partial charge in [0.15, 0.2) is 0 Å². The van der Waals surface area contributed by atoms with Crippen LogP contribution in [-0.4, -0.2) is 30.4 Å².